The first-order valence-electron chi connectivity index (χ1n) is 3.73. The fraction of sp³-hybridized carbons (Fsp3) is 0.222. The molecule has 0 saturated heterocycles. The fourth-order valence-corrected chi connectivity index (χ4v) is 1.17. The van der Waals surface area contributed by atoms with Crippen molar-refractivity contribution in [2.24, 2.45) is 0 Å². The molecule has 0 N–H and O–H groups in total. The van der Waals surface area contributed by atoms with Crippen LogP contribution in [0, 0.1) is 11.3 Å². The number of alkyl halides is 2. The van der Waals surface area contributed by atoms with Crippen LogP contribution in [0.4, 0.5) is 8.78 Å². The van der Waals surface area contributed by atoms with Gasteiger partial charge >= 0.3 is 6.61 Å². The summed E-state index contributed by atoms with van der Waals surface area (Å²) in [6.07, 6.45) is 0.147. The first kappa shape index (κ1) is 10.7. The van der Waals surface area contributed by atoms with Crippen LogP contribution >= 0.6 is 11.6 Å². The lowest BCUT2D eigenvalue weighted by atomic mass is 10.1. The van der Waals surface area contributed by atoms with Gasteiger partial charge in [0.05, 0.1) is 12.5 Å². The fourth-order valence-electron chi connectivity index (χ4n) is 0.933. The van der Waals surface area contributed by atoms with E-state index in [1.54, 1.807) is 0 Å². The van der Waals surface area contributed by atoms with Gasteiger partial charge in [-0.2, -0.15) is 14.0 Å². The molecule has 0 amide bonds. The van der Waals surface area contributed by atoms with Crippen LogP contribution in [0.1, 0.15) is 5.56 Å². The zero-order valence-corrected chi connectivity index (χ0v) is 7.76. The molecular weight excluding hydrogens is 212 g/mol. The van der Waals surface area contributed by atoms with Crippen molar-refractivity contribution in [2.45, 2.75) is 13.0 Å². The summed E-state index contributed by atoms with van der Waals surface area (Å²) in [5.41, 5.74) is 0.593. The van der Waals surface area contributed by atoms with Gasteiger partial charge in [0.1, 0.15) is 5.75 Å². The van der Waals surface area contributed by atoms with Gasteiger partial charge in [0.25, 0.3) is 0 Å². The maximum atomic E-state index is 11.8. The molecule has 1 aromatic carbocycles. The number of rotatable bonds is 3. The van der Waals surface area contributed by atoms with Gasteiger partial charge in [0.15, 0.2) is 0 Å². The Morgan fingerprint density at radius 1 is 1.50 bits per heavy atom. The molecule has 0 spiro atoms. The number of ether oxygens (including phenoxy) is 1. The molecule has 0 aliphatic carbocycles. The van der Waals surface area contributed by atoms with E-state index in [1.807, 2.05) is 6.07 Å². The van der Waals surface area contributed by atoms with Gasteiger partial charge in [0.2, 0.25) is 0 Å². The van der Waals surface area contributed by atoms with Crippen LogP contribution in [0.2, 0.25) is 5.02 Å². The zero-order valence-electron chi connectivity index (χ0n) is 7.01. The summed E-state index contributed by atoms with van der Waals surface area (Å²) >= 11 is 5.72. The number of nitrogens with zero attached hydrogens (tertiary/aromatic N) is 1. The molecule has 0 fully saturated rings. The monoisotopic (exact) mass is 217 g/mol. The molecule has 0 aliphatic rings. The number of nitriles is 1. The van der Waals surface area contributed by atoms with Gasteiger partial charge in [0, 0.05) is 5.02 Å². The van der Waals surface area contributed by atoms with Gasteiger partial charge in [-0.3, -0.25) is 0 Å². The van der Waals surface area contributed by atoms with Crippen molar-refractivity contribution in [3.05, 3.63) is 28.8 Å². The van der Waals surface area contributed by atoms with E-state index in [1.165, 1.54) is 18.2 Å². The molecule has 0 atom stereocenters. The summed E-state index contributed by atoms with van der Waals surface area (Å²) in [5, 5.41) is 8.65. The van der Waals surface area contributed by atoms with Crippen LogP contribution in [-0.2, 0) is 6.42 Å². The third-order valence-electron chi connectivity index (χ3n) is 1.52. The summed E-state index contributed by atoms with van der Waals surface area (Å²) in [5.74, 6) is -0.00769. The SMILES string of the molecule is N#CCc1ccc(OC(F)F)cc1Cl. The Hall–Kier alpha value is -1.34. The second kappa shape index (κ2) is 4.77. The van der Waals surface area contributed by atoms with E-state index in [4.69, 9.17) is 16.9 Å². The topological polar surface area (TPSA) is 33.0 Å². The minimum Gasteiger partial charge on any atom is -0.435 e. The molecule has 0 unspecified atom stereocenters. The van der Waals surface area contributed by atoms with E-state index >= 15 is 0 Å². The summed E-state index contributed by atoms with van der Waals surface area (Å²) < 4.78 is 27.7. The van der Waals surface area contributed by atoms with Crippen molar-refractivity contribution in [2.75, 3.05) is 0 Å². The average molecular weight is 218 g/mol. The van der Waals surface area contributed by atoms with Gasteiger partial charge in [-0.1, -0.05) is 17.7 Å². The maximum Gasteiger partial charge on any atom is 0.387 e. The lowest BCUT2D eigenvalue weighted by Gasteiger charge is -2.05. The minimum atomic E-state index is -2.87. The molecular formula is C9H6ClF2NO. The summed E-state index contributed by atoms with van der Waals surface area (Å²) in [4.78, 5) is 0. The van der Waals surface area contributed by atoms with E-state index in [0.29, 0.717) is 5.56 Å². The lowest BCUT2D eigenvalue weighted by Crippen LogP contribution is -2.01. The summed E-state index contributed by atoms with van der Waals surface area (Å²) in [6.45, 7) is -2.87. The Balaban J connectivity index is 2.84. The van der Waals surface area contributed by atoms with Crippen LogP contribution in [0.15, 0.2) is 18.2 Å². The third-order valence-corrected chi connectivity index (χ3v) is 1.87. The van der Waals surface area contributed by atoms with Crippen molar-refractivity contribution in [1.82, 2.24) is 0 Å². The lowest BCUT2D eigenvalue weighted by molar-refractivity contribution is -0.0498. The highest BCUT2D eigenvalue weighted by Crippen LogP contribution is 2.23. The molecule has 14 heavy (non-hydrogen) atoms. The highest BCUT2D eigenvalue weighted by atomic mass is 35.5. The number of benzene rings is 1. The molecule has 1 rings (SSSR count). The largest absolute Gasteiger partial charge is 0.435 e. The normalized spacial score (nSPS) is 9.93. The number of halogens is 3. The molecule has 2 nitrogen and oxygen atoms in total. The van der Waals surface area contributed by atoms with E-state index in [2.05, 4.69) is 4.74 Å². The van der Waals surface area contributed by atoms with Gasteiger partial charge in [-0.05, 0) is 17.7 Å². The van der Waals surface area contributed by atoms with Crippen molar-refractivity contribution >= 4 is 11.6 Å². The molecule has 74 valence electrons. The van der Waals surface area contributed by atoms with Crippen molar-refractivity contribution in [3.8, 4) is 11.8 Å². The Morgan fingerprint density at radius 2 is 2.21 bits per heavy atom. The van der Waals surface area contributed by atoms with Gasteiger partial charge in [-0.15, -0.1) is 0 Å². The average Bonchev–Trinajstić information content (AvgIpc) is 2.09. The van der Waals surface area contributed by atoms with Crippen LogP contribution in [0.3, 0.4) is 0 Å². The Kier molecular flexibility index (Phi) is 3.66. The summed E-state index contributed by atoms with van der Waals surface area (Å²) in [6, 6.07) is 6.02. The molecule has 5 heteroatoms. The molecule has 0 aromatic heterocycles. The molecule has 0 radical (unpaired) electrons. The standard InChI is InChI=1S/C9H6ClF2NO/c10-8-5-7(14-9(11)12)2-1-6(8)3-4-13/h1-2,5,9H,3H2. The Bertz CT molecular complexity index is 362. The molecule has 0 bridgehead atoms. The highest BCUT2D eigenvalue weighted by Gasteiger charge is 2.06. The second-order valence-electron chi connectivity index (χ2n) is 2.47. The highest BCUT2D eigenvalue weighted by molar-refractivity contribution is 6.31. The Labute approximate surface area is 84.7 Å². The smallest absolute Gasteiger partial charge is 0.387 e. The molecule has 0 heterocycles. The van der Waals surface area contributed by atoms with E-state index < -0.39 is 6.61 Å². The summed E-state index contributed by atoms with van der Waals surface area (Å²) in [7, 11) is 0. The van der Waals surface area contributed by atoms with Crippen molar-refractivity contribution < 1.29 is 13.5 Å². The van der Waals surface area contributed by atoms with E-state index in [9.17, 15) is 8.78 Å². The molecule has 0 aliphatic heterocycles. The predicted molar refractivity (Wildman–Crippen MR) is 47.4 cm³/mol. The van der Waals surface area contributed by atoms with E-state index in [0.717, 1.165) is 0 Å². The van der Waals surface area contributed by atoms with Crippen molar-refractivity contribution in [1.29, 1.82) is 5.26 Å². The maximum absolute atomic E-state index is 11.8. The second-order valence-corrected chi connectivity index (χ2v) is 2.87. The minimum absolute atomic E-state index is 0.00769. The first-order chi connectivity index (χ1) is 6.63. The van der Waals surface area contributed by atoms with Crippen LogP contribution in [-0.4, -0.2) is 6.61 Å². The molecule has 1 aromatic rings. The zero-order chi connectivity index (χ0) is 10.6. The third kappa shape index (κ3) is 2.86. The molecule has 0 saturated carbocycles. The number of hydrogen-bond acceptors (Lipinski definition) is 2. The Morgan fingerprint density at radius 3 is 2.71 bits per heavy atom. The van der Waals surface area contributed by atoms with Crippen LogP contribution in [0.5, 0.6) is 5.75 Å². The van der Waals surface area contributed by atoms with Gasteiger partial charge in [-0.25, -0.2) is 0 Å². The van der Waals surface area contributed by atoms with Crippen LogP contribution < -0.4 is 4.74 Å². The quantitative estimate of drug-likeness (QED) is 0.780. The van der Waals surface area contributed by atoms with Gasteiger partial charge < -0.3 is 4.74 Å². The predicted octanol–water partition coefficient (Wildman–Crippen LogP) is 3.01. The van der Waals surface area contributed by atoms with Crippen molar-refractivity contribution in [3.63, 3.8) is 0 Å². The first-order valence-corrected chi connectivity index (χ1v) is 4.11. The van der Waals surface area contributed by atoms with Crippen LogP contribution in [0.25, 0.3) is 0 Å². The van der Waals surface area contributed by atoms with E-state index in [-0.39, 0.29) is 17.2 Å². The number of hydrogen-bond donors (Lipinski definition) is 0.